The van der Waals surface area contributed by atoms with E-state index in [9.17, 15) is 9.59 Å². The van der Waals surface area contributed by atoms with Crippen LogP contribution >= 0.6 is 0 Å². The van der Waals surface area contributed by atoms with Crippen molar-refractivity contribution in [2.24, 2.45) is 0 Å². The van der Waals surface area contributed by atoms with Crippen molar-refractivity contribution in [3.05, 3.63) is 42.1 Å². The van der Waals surface area contributed by atoms with Crippen molar-refractivity contribution in [3.8, 4) is 0 Å². The highest BCUT2D eigenvalue weighted by Gasteiger charge is 2.45. The lowest BCUT2D eigenvalue weighted by molar-refractivity contribution is -0.144. The van der Waals surface area contributed by atoms with Gasteiger partial charge in [0.2, 0.25) is 5.91 Å². The average molecular weight is 351 g/mol. The molecule has 0 bridgehead atoms. The highest BCUT2D eigenvalue weighted by molar-refractivity contribution is 5.97. The number of fused-ring (bicyclic) bond motifs is 1. The topological polar surface area (TPSA) is 53.5 Å². The lowest BCUT2D eigenvalue weighted by Crippen LogP contribution is -2.63. The number of amides is 2. The Balaban J connectivity index is 1.60. The molecule has 0 N–H and O–H groups in total. The predicted molar refractivity (Wildman–Crippen MR) is 101 cm³/mol. The molecule has 2 amide bonds. The molecule has 1 aromatic carbocycles. The van der Waals surface area contributed by atoms with E-state index in [2.05, 4.69) is 4.98 Å². The van der Waals surface area contributed by atoms with Gasteiger partial charge in [0.15, 0.2) is 0 Å². The van der Waals surface area contributed by atoms with E-state index in [1.54, 1.807) is 6.20 Å². The first kappa shape index (κ1) is 17.0. The molecule has 1 spiro atoms. The van der Waals surface area contributed by atoms with E-state index in [1.807, 2.05) is 47.1 Å². The molecule has 3 heterocycles. The van der Waals surface area contributed by atoms with Crippen molar-refractivity contribution in [1.29, 1.82) is 0 Å². The molecular weight excluding hydrogens is 326 g/mol. The summed E-state index contributed by atoms with van der Waals surface area (Å²) < 4.78 is 0. The number of piperidine rings is 2. The number of hydrogen-bond acceptors (Lipinski definition) is 3. The van der Waals surface area contributed by atoms with Gasteiger partial charge in [0, 0.05) is 37.6 Å². The third-order valence-corrected chi connectivity index (χ3v) is 5.90. The van der Waals surface area contributed by atoms with E-state index in [0.29, 0.717) is 18.5 Å². The Morgan fingerprint density at radius 2 is 2.04 bits per heavy atom. The minimum absolute atomic E-state index is 0.0244. The van der Waals surface area contributed by atoms with Crippen molar-refractivity contribution >= 4 is 22.7 Å². The molecule has 0 aliphatic carbocycles. The number of aromatic nitrogens is 1. The number of hydrogen-bond donors (Lipinski definition) is 0. The van der Waals surface area contributed by atoms with E-state index in [0.717, 1.165) is 49.7 Å². The van der Waals surface area contributed by atoms with Gasteiger partial charge >= 0.3 is 0 Å². The molecule has 1 aromatic heterocycles. The fraction of sp³-hybridized carbons (Fsp3) is 0.476. The number of rotatable bonds is 2. The van der Waals surface area contributed by atoms with Crippen LogP contribution in [-0.4, -0.2) is 51.8 Å². The van der Waals surface area contributed by atoms with Crippen LogP contribution in [0.1, 0.15) is 49.4 Å². The smallest absolute Gasteiger partial charge is 0.255 e. The summed E-state index contributed by atoms with van der Waals surface area (Å²) in [5.41, 5.74) is 1.35. The van der Waals surface area contributed by atoms with Crippen LogP contribution in [0, 0.1) is 0 Å². The second kappa shape index (κ2) is 6.71. The predicted octanol–water partition coefficient (Wildman–Crippen LogP) is 3.24. The first-order valence-corrected chi connectivity index (χ1v) is 9.57. The molecule has 2 fully saturated rings. The van der Waals surface area contributed by atoms with Crippen LogP contribution in [0.3, 0.4) is 0 Å². The normalized spacial score (nSPS) is 23.7. The van der Waals surface area contributed by atoms with Crippen LogP contribution in [0.2, 0.25) is 0 Å². The summed E-state index contributed by atoms with van der Waals surface area (Å²) in [6.07, 6.45) is 6.16. The van der Waals surface area contributed by atoms with Crippen LogP contribution in [0.5, 0.6) is 0 Å². The molecule has 4 rings (SSSR count). The second-order valence-electron chi connectivity index (χ2n) is 7.46. The summed E-state index contributed by atoms with van der Waals surface area (Å²) in [7, 11) is 0. The Hall–Kier alpha value is -2.43. The maximum absolute atomic E-state index is 13.1. The number of pyridine rings is 1. The van der Waals surface area contributed by atoms with Gasteiger partial charge in [-0.15, -0.1) is 0 Å². The minimum Gasteiger partial charge on any atom is -0.336 e. The van der Waals surface area contributed by atoms with Gasteiger partial charge in [-0.2, -0.15) is 0 Å². The van der Waals surface area contributed by atoms with Crippen LogP contribution in [0.4, 0.5) is 0 Å². The molecule has 5 heteroatoms. The highest BCUT2D eigenvalue weighted by Crippen LogP contribution is 2.37. The Morgan fingerprint density at radius 3 is 2.88 bits per heavy atom. The lowest BCUT2D eigenvalue weighted by Gasteiger charge is -2.51. The molecule has 0 unspecified atom stereocenters. The van der Waals surface area contributed by atoms with Gasteiger partial charge in [-0.25, -0.2) is 0 Å². The summed E-state index contributed by atoms with van der Waals surface area (Å²) in [5.74, 6) is 0.261. The number of likely N-dealkylation sites (tertiary alicyclic amines) is 2. The van der Waals surface area contributed by atoms with E-state index in [4.69, 9.17) is 0 Å². The Morgan fingerprint density at radius 1 is 1.23 bits per heavy atom. The molecule has 26 heavy (non-hydrogen) atoms. The fourth-order valence-electron chi connectivity index (χ4n) is 4.70. The molecule has 2 aliphatic rings. The molecule has 0 saturated carbocycles. The van der Waals surface area contributed by atoms with Crippen LogP contribution in [-0.2, 0) is 4.79 Å². The maximum atomic E-state index is 13.1. The summed E-state index contributed by atoms with van der Waals surface area (Å²) in [6.45, 7) is 4.15. The van der Waals surface area contributed by atoms with Crippen molar-refractivity contribution in [1.82, 2.24) is 14.8 Å². The van der Waals surface area contributed by atoms with Gasteiger partial charge in [0.25, 0.3) is 5.91 Å². The molecular formula is C21H25N3O2. The molecule has 2 saturated heterocycles. The maximum Gasteiger partial charge on any atom is 0.255 e. The number of likely N-dealkylation sites (N-methyl/N-ethyl adjacent to an activating group) is 1. The largest absolute Gasteiger partial charge is 0.336 e. The highest BCUT2D eigenvalue weighted by atomic mass is 16.2. The van der Waals surface area contributed by atoms with Crippen LogP contribution < -0.4 is 0 Å². The first-order valence-electron chi connectivity index (χ1n) is 9.57. The van der Waals surface area contributed by atoms with Gasteiger partial charge in [0.05, 0.1) is 16.6 Å². The zero-order chi connectivity index (χ0) is 18.1. The Labute approximate surface area is 154 Å². The molecule has 0 radical (unpaired) electrons. The minimum atomic E-state index is -0.178. The van der Waals surface area contributed by atoms with Gasteiger partial charge in [-0.05, 0) is 44.7 Å². The van der Waals surface area contributed by atoms with Crippen molar-refractivity contribution in [2.45, 2.75) is 44.6 Å². The number of carbonyl (C=O) groups excluding carboxylic acids is 2. The van der Waals surface area contributed by atoms with Crippen molar-refractivity contribution in [2.75, 3.05) is 19.6 Å². The zero-order valence-electron chi connectivity index (χ0n) is 15.3. The van der Waals surface area contributed by atoms with E-state index in [-0.39, 0.29) is 17.4 Å². The molecule has 2 aliphatic heterocycles. The first-order chi connectivity index (χ1) is 12.6. The van der Waals surface area contributed by atoms with E-state index in [1.165, 1.54) is 0 Å². The standard InChI is InChI=1S/C21H25N3O2/c1-2-24-19(25)9-5-10-21(24)11-6-12-23(15-21)20(26)17-13-16-7-3-4-8-18(16)22-14-17/h3-4,7-8,13-14H,2,5-6,9-12,15H2,1H3/t21-/m0/s1. The third-order valence-electron chi connectivity index (χ3n) is 5.90. The van der Waals surface area contributed by atoms with Gasteiger partial charge in [0.1, 0.15) is 0 Å². The Bertz CT molecular complexity index is 846. The monoisotopic (exact) mass is 351 g/mol. The number of nitrogens with zero attached hydrogens (tertiary/aromatic N) is 3. The summed E-state index contributed by atoms with van der Waals surface area (Å²) >= 11 is 0. The van der Waals surface area contributed by atoms with Crippen LogP contribution in [0.15, 0.2) is 36.5 Å². The van der Waals surface area contributed by atoms with Crippen molar-refractivity contribution in [3.63, 3.8) is 0 Å². The average Bonchev–Trinajstić information content (AvgIpc) is 2.67. The summed E-state index contributed by atoms with van der Waals surface area (Å²) in [5, 5.41) is 0.980. The SMILES string of the molecule is CCN1C(=O)CCC[C@@]12CCCN(C(=O)c1cnc3ccccc3c1)C2. The van der Waals surface area contributed by atoms with Gasteiger partial charge < -0.3 is 9.80 Å². The van der Waals surface area contributed by atoms with E-state index >= 15 is 0 Å². The number of carbonyl (C=O) groups is 2. The molecule has 1 atom stereocenters. The summed E-state index contributed by atoms with van der Waals surface area (Å²) in [6, 6.07) is 9.77. The van der Waals surface area contributed by atoms with Crippen LogP contribution in [0.25, 0.3) is 10.9 Å². The summed E-state index contributed by atoms with van der Waals surface area (Å²) in [4.78, 5) is 33.9. The quantitative estimate of drug-likeness (QED) is 0.835. The number of para-hydroxylation sites is 1. The third kappa shape index (κ3) is 2.85. The molecule has 136 valence electrons. The van der Waals surface area contributed by atoms with E-state index < -0.39 is 0 Å². The molecule has 2 aromatic rings. The van der Waals surface area contributed by atoms with Crippen molar-refractivity contribution < 1.29 is 9.59 Å². The number of benzene rings is 1. The molecule has 5 nitrogen and oxygen atoms in total. The van der Waals surface area contributed by atoms with Gasteiger partial charge in [-0.1, -0.05) is 18.2 Å². The zero-order valence-corrected chi connectivity index (χ0v) is 15.3. The fourth-order valence-corrected chi connectivity index (χ4v) is 4.70. The second-order valence-corrected chi connectivity index (χ2v) is 7.46. The Kier molecular flexibility index (Phi) is 4.39. The lowest BCUT2D eigenvalue weighted by atomic mass is 9.79. The van der Waals surface area contributed by atoms with Gasteiger partial charge in [-0.3, -0.25) is 14.6 Å².